The summed E-state index contributed by atoms with van der Waals surface area (Å²) in [6.45, 7) is 3.67. The van der Waals surface area contributed by atoms with Crippen LogP contribution in [0, 0.1) is 0 Å². The van der Waals surface area contributed by atoms with Crippen molar-refractivity contribution in [1.82, 2.24) is 10.6 Å². The van der Waals surface area contributed by atoms with Gasteiger partial charge in [0.05, 0.1) is 19.6 Å². The largest absolute Gasteiger partial charge is 0.463 e. The molecule has 0 aromatic heterocycles. The maximum absolute atomic E-state index is 11.4. The van der Waals surface area contributed by atoms with E-state index < -0.39 is 30.0 Å². The number of nitrogens with one attached hydrogen (secondary N) is 2. The van der Waals surface area contributed by atoms with Crippen molar-refractivity contribution in [2.24, 2.45) is 0 Å². The Bertz CT molecular complexity index is 450. The van der Waals surface area contributed by atoms with Gasteiger partial charge in [-0.15, -0.1) is 0 Å². The molecule has 0 saturated carbocycles. The van der Waals surface area contributed by atoms with Gasteiger partial charge in [0.2, 0.25) is 6.10 Å². The summed E-state index contributed by atoms with van der Waals surface area (Å²) >= 11 is 0. The Morgan fingerprint density at radius 1 is 1.32 bits per heavy atom. The molecule has 122 valence electrons. The van der Waals surface area contributed by atoms with Gasteiger partial charge in [0, 0.05) is 19.0 Å². The third kappa shape index (κ3) is 6.73. The van der Waals surface area contributed by atoms with Crippen LogP contribution in [0.25, 0.3) is 0 Å². The molecule has 1 aliphatic rings. The van der Waals surface area contributed by atoms with Crippen LogP contribution in [0.15, 0.2) is 12.7 Å². The standard InChI is InChI=1S/C13H18N2O7/c1-2-10(16)20-8-6-15-13(19)14-5-3-11(17)22-9-4-7-21-12(9)18/h2,9H,1,3-8H2,(H2,14,15,19). The summed E-state index contributed by atoms with van der Waals surface area (Å²) < 4.78 is 14.2. The van der Waals surface area contributed by atoms with E-state index in [1.807, 2.05) is 0 Å². The van der Waals surface area contributed by atoms with E-state index in [-0.39, 0.29) is 32.7 Å². The van der Waals surface area contributed by atoms with Crippen molar-refractivity contribution in [3.63, 3.8) is 0 Å². The van der Waals surface area contributed by atoms with Gasteiger partial charge < -0.3 is 24.8 Å². The number of ether oxygens (including phenoxy) is 3. The Morgan fingerprint density at radius 2 is 2.05 bits per heavy atom. The zero-order valence-corrected chi connectivity index (χ0v) is 12.0. The summed E-state index contributed by atoms with van der Waals surface area (Å²) in [6.07, 6.45) is 0.456. The van der Waals surface area contributed by atoms with Crippen molar-refractivity contribution >= 4 is 23.9 Å². The van der Waals surface area contributed by atoms with Crippen molar-refractivity contribution in [2.45, 2.75) is 18.9 Å². The van der Waals surface area contributed by atoms with Crippen LogP contribution in [0.4, 0.5) is 4.79 Å². The average Bonchev–Trinajstić information content (AvgIpc) is 2.88. The molecule has 1 unspecified atom stereocenters. The van der Waals surface area contributed by atoms with E-state index in [1.54, 1.807) is 0 Å². The lowest BCUT2D eigenvalue weighted by molar-refractivity contribution is -0.160. The second-order valence-electron chi connectivity index (χ2n) is 4.24. The lowest BCUT2D eigenvalue weighted by Gasteiger charge is -2.09. The quantitative estimate of drug-likeness (QED) is 0.262. The Labute approximate surface area is 127 Å². The fourth-order valence-corrected chi connectivity index (χ4v) is 1.52. The molecule has 1 aliphatic heterocycles. The van der Waals surface area contributed by atoms with Gasteiger partial charge in [-0.2, -0.15) is 0 Å². The number of hydrogen-bond donors (Lipinski definition) is 2. The molecule has 22 heavy (non-hydrogen) atoms. The predicted octanol–water partition coefficient (Wildman–Crippen LogP) is -0.736. The molecule has 0 radical (unpaired) electrons. The highest BCUT2D eigenvalue weighted by Crippen LogP contribution is 2.10. The topological polar surface area (TPSA) is 120 Å². The van der Waals surface area contributed by atoms with Gasteiger partial charge in [-0.1, -0.05) is 6.58 Å². The van der Waals surface area contributed by atoms with Crippen LogP contribution in [0.3, 0.4) is 0 Å². The summed E-state index contributed by atoms with van der Waals surface area (Å²) in [6, 6.07) is -0.511. The molecule has 0 aromatic carbocycles. The summed E-state index contributed by atoms with van der Waals surface area (Å²) in [5.41, 5.74) is 0. The van der Waals surface area contributed by atoms with Crippen LogP contribution < -0.4 is 10.6 Å². The normalized spacial score (nSPS) is 16.4. The number of carbonyl (C=O) groups is 4. The maximum atomic E-state index is 11.4. The lowest BCUT2D eigenvalue weighted by Crippen LogP contribution is -2.38. The zero-order valence-electron chi connectivity index (χ0n) is 12.0. The van der Waals surface area contributed by atoms with Gasteiger partial charge in [0.25, 0.3) is 0 Å². The first-order chi connectivity index (χ1) is 10.5. The molecule has 1 atom stereocenters. The second-order valence-corrected chi connectivity index (χ2v) is 4.24. The highest BCUT2D eigenvalue weighted by atomic mass is 16.6. The van der Waals surface area contributed by atoms with Gasteiger partial charge in [-0.25, -0.2) is 14.4 Å². The van der Waals surface area contributed by atoms with Crippen LogP contribution in [0.2, 0.25) is 0 Å². The Morgan fingerprint density at radius 3 is 2.68 bits per heavy atom. The van der Waals surface area contributed by atoms with E-state index >= 15 is 0 Å². The fraction of sp³-hybridized carbons (Fsp3) is 0.538. The number of carbonyl (C=O) groups excluding carboxylic acids is 4. The first kappa shape index (κ1) is 17.5. The third-order valence-corrected chi connectivity index (χ3v) is 2.57. The minimum absolute atomic E-state index is 0.0180. The van der Waals surface area contributed by atoms with E-state index in [0.717, 1.165) is 6.08 Å². The van der Waals surface area contributed by atoms with Crippen molar-refractivity contribution in [3.8, 4) is 0 Å². The van der Waals surface area contributed by atoms with Crippen LogP contribution in [0.5, 0.6) is 0 Å². The number of urea groups is 1. The van der Waals surface area contributed by atoms with E-state index in [1.165, 1.54) is 0 Å². The molecule has 0 aromatic rings. The van der Waals surface area contributed by atoms with Crippen molar-refractivity contribution < 1.29 is 33.4 Å². The van der Waals surface area contributed by atoms with Gasteiger partial charge in [-0.3, -0.25) is 4.79 Å². The summed E-state index contributed by atoms with van der Waals surface area (Å²) in [7, 11) is 0. The molecule has 9 nitrogen and oxygen atoms in total. The highest BCUT2D eigenvalue weighted by molar-refractivity contribution is 5.81. The number of esters is 3. The molecule has 1 heterocycles. The molecule has 1 rings (SSSR count). The molecule has 0 spiro atoms. The first-order valence-corrected chi connectivity index (χ1v) is 6.70. The van der Waals surface area contributed by atoms with Gasteiger partial charge in [-0.05, 0) is 0 Å². The van der Waals surface area contributed by atoms with Crippen LogP contribution in [-0.4, -0.2) is 56.3 Å². The van der Waals surface area contributed by atoms with Gasteiger partial charge in [0.1, 0.15) is 6.61 Å². The highest BCUT2D eigenvalue weighted by Gasteiger charge is 2.29. The monoisotopic (exact) mass is 314 g/mol. The van der Waals surface area contributed by atoms with E-state index in [2.05, 4.69) is 26.7 Å². The Hall–Kier alpha value is -2.58. The zero-order chi connectivity index (χ0) is 16.4. The number of cyclic esters (lactones) is 1. The minimum atomic E-state index is -0.846. The Balaban J connectivity index is 2.04. The number of hydrogen-bond acceptors (Lipinski definition) is 7. The molecular weight excluding hydrogens is 296 g/mol. The summed E-state index contributed by atoms with van der Waals surface area (Å²) in [5.74, 6) is -1.72. The smallest absolute Gasteiger partial charge is 0.347 e. The van der Waals surface area contributed by atoms with Crippen LogP contribution in [-0.2, 0) is 28.6 Å². The average molecular weight is 314 g/mol. The third-order valence-electron chi connectivity index (χ3n) is 2.57. The SMILES string of the molecule is C=CC(=O)OCCNC(=O)NCCC(=O)OC1CCOC1=O. The molecular formula is C13H18N2O7. The molecule has 0 aliphatic carbocycles. The Kier molecular flexibility index (Phi) is 7.44. The molecule has 1 fully saturated rings. The summed E-state index contributed by atoms with van der Waals surface area (Å²) in [4.78, 5) is 44.6. The molecule has 9 heteroatoms. The molecule has 1 saturated heterocycles. The van der Waals surface area contributed by atoms with Crippen molar-refractivity contribution in [2.75, 3.05) is 26.3 Å². The summed E-state index contributed by atoms with van der Waals surface area (Å²) in [5, 5.41) is 4.85. The van der Waals surface area contributed by atoms with E-state index in [4.69, 9.17) is 4.74 Å². The van der Waals surface area contributed by atoms with Gasteiger partial charge >= 0.3 is 23.9 Å². The molecule has 2 amide bonds. The number of rotatable bonds is 8. The van der Waals surface area contributed by atoms with E-state index in [0.29, 0.717) is 6.42 Å². The van der Waals surface area contributed by atoms with Crippen LogP contribution >= 0.6 is 0 Å². The van der Waals surface area contributed by atoms with Gasteiger partial charge in [0.15, 0.2) is 0 Å². The molecule has 2 N–H and O–H groups in total. The first-order valence-electron chi connectivity index (χ1n) is 6.70. The van der Waals surface area contributed by atoms with Crippen LogP contribution in [0.1, 0.15) is 12.8 Å². The second kappa shape index (κ2) is 9.37. The van der Waals surface area contributed by atoms with E-state index in [9.17, 15) is 19.2 Å². The maximum Gasteiger partial charge on any atom is 0.347 e. The van der Waals surface area contributed by atoms with Crippen molar-refractivity contribution in [3.05, 3.63) is 12.7 Å². The predicted molar refractivity (Wildman–Crippen MR) is 72.6 cm³/mol. The fourth-order valence-electron chi connectivity index (χ4n) is 1.52. The lowest BCUT2D eigenvalue weighted by atomic mass is 10.3. The minimum Gasteiger partial charge on any atom is -0.463 e. The van der Waals surface area contributed by atoms with Crippen molar-refractivity contribution in [1.29, 1.82) is 0 Å². The number of amides is 2. The molecule has 0 bridgehead atoms.